The fraction of sp³-hybridized carbons (Fsp3) is 0.294. The Balaban J connectivity index is 2.03. The number of ether oxygens (including phenoxy) is 1. The van der Waals surface area contributed by atoms with Gasteiger partial charge in [-0.3, -0.25) is 9.97 Å². The number of alkyl carbamates (subject to hydrolysis) is 1. The Labute approximate surface area is 139 Å². The summed E-state index contributed by atoms with van der Waals surface area (Å²) in [5, 5.41) is 11.3. The summed E-state index contributed by atoms with van der Waals surface area (Å²) >= 11 is 0. The molecule has 0 fully saturated rings. The lowest BCUT2D eigenvalue weighted by molar-refractivity contribution is 0.0523. The molecule has 0 aliphatic heterocycles. The second-order valence-corrected chi connectivity index (χ2v) is 6.07. The summed E-state index contributed by atoms with van der Waals surface area (Å²) in [6.07, 6.45) is 2.29. The third-order valence-electron chi connectivity index (χ3n) is 2.87. The molecule has 0 spiro atoms. The molecule has 6 nitrogen and oxygen atoms in total. The smallest absolute Gasteiger partial charge is 0.407 e. The molecule has 0 unspecified atom stereocenters. The van der Waals surface area contributed by atoms with Crippen LogP contribution in [0.15, 0.2) is 30.6 Å². The molecule has 0 radical (unpaired) electrons. The van der Waals surface area contributed by atoms with Gasteiger partial charge in [0.25, 0.3) is 0 Å². The highest BCUT2D eigenvalue weighted by Gasteiger charge is 2.16. The number of pyridine rings is 2. The van der Waals surface area contributed by atoms with Crippen LogP contribution in [0.25, 0.3) is 11.4 Å². The minimum atomic E-state index is -0.610. The summed E-state index contributed by atoms with van der Waals surface area (Å²) in [6, 6.07) is 6.25. The van der Waals surface area contributed by atoms with E-state index in [1.165, 1.54) is 12.4 Å². The number of nitrogens with zero attached hydrogens (tertiary/aromatic N) is 3. The number of hydrogen-bond acceptors (Lipinski definition) is 5. The van der Waals surface area contributed by atoms with Crippen molar-refractivity contribution in [3.8, 4) is 17.5 Å². The summed E-state index contributed by atoms with van der Waals surface area (Å²) in [7, 11) is 0. The van der Waals surface area contributed by atoms with Crippen LogP contribution >= 0.6 is 0 Å². The van der Waals surface area contributed by atoms with Crippen molar-refractivity contribution in [2.24, 2.45) is 0 Å². The molecule has 2 heterocycles. The summed E-state index contributed by atoms with van der Waals surface area (Å²) in [5.41, 5.74) is 0.733. The maximum atomic E-state index is 13.9. The van der Waals surface area contributed by atoms with Crippen LogP contribution in [0.4, 0.5) is 9.18 Å². The molecule has 0 atom stereocenters. The molecule has 124 valence electrons. The van der Waals surface area contributed by atoms with Gasteiger partial charge in [0.05, 0.1) is 11.3 Å². The second kappa shape index (κ2) is 7.04. The first-order valence-corrected chi connectivity index (χ1v) is 7.26. The average Bonchev–Trinajstić information content (AvgIpc) is 2.52. The molecule has 24 heavy (non-hydrogen) atoms. The van der Waals surface area contributed by atoms with Gasteiger partial charge in [-0.1, -0.05) is 6.07 Å². The Hall–Kier alpha value is -3.01. The summed E-state index contributed by atoms with van der Waals surface area (Å²) in [5.74, 6) is -0.610. The van der Waals surface area contributed by atoms with Gasteiger partial charge in [0.1, 0.15) is 17.4 Å². The highest BCUT2D eigenvalue weighted by Crippen LogP contribution is 2.19. The Morgan fingerprint density at radius 3 is 2.62 bits per heavy atom. The van der Waals surface area contributed by atoms with E-state index >= 15 is 0 Å². The molecule has 0 saturated carbocycles. The van der Waals surface area contributed by atoms with E-state index in [1.54, 1.807) is 32.9 Å². The highest BCUT2D eigenvalue weighted by atomic mass is 19.1. The van der Waals surface area contributed by atoms with Gasteiger partial charge in [0.15, 0.2) is 5.82 Å². The molecule has 2 aromatic heterocycles. The molecule has 2 rings (SSSR count). The molecule has 0 aliphatic rings. The fourth-order valence-electron chi connectivity index (χ4n) is 1.85. The predicted molar refractivity (Wildman–Crippen MR) is 85.2 cm³/mol. The van der Waals surface area contributed by atoms with Gasteiger partial charge in [-0.2, -0.15) is 5.26 Å². The lowest BCUT2D eigenvalue weighted by Gasteiger charge is -2.19. The number of rotatable bonds is 3. The van der Waals surface area contributed by atoms with E-state index in [9.17, 15) is 9.18 Å². The van der Waals surface area contributed by atoms with Crippen LogP contribution in [-0.4, -0.2) is 21.7 Å². The number of hydrogen-bond donors (Lipinski definition) is 1. The third kappa shape index (κ3) is 4.74. The van der Waals surface area contributed by atoms with Gasteiger partial charge in [0.2, 0.25) is 0 Å². The van der Waals surface area contributed by atoms with Gasteiger partial charge in [-0.15, -0.1) is 0 Å². The first-order chi connectivity index (χ1) is 11.3. The summed E-state index contributed by atoms with van der Waals surface area (Å²) < 4.78 is 19.0. The topological polar surface area (TPSA) is 87.9 Å². The quantitative estimate of drug-likeness (QED) is 0.935. The van der Waals surface area contributed by atoms with Crippen molar-refractivity contribution in [3.05, 3.63) is 47.5 Å². The largest absolute Gasteiger partial charge is 0.444 e. The van der Waals surface area contributed by atoms with Gasteiger partial charge >= 0.3 is 6.09 Å². The molecule has 0 aromatic carbocycles. The Morgan fingerprint density at radius 1 is 1.33 bits per heavy atom. The average molecular weight is 328 g/mol. The third-order valence-corrected chi connectivity index (χ3v) is 2.87. The SMILES string of the molecule is CC(C)(C)OC(=O)NCc1ccc(-c2ncc(C#N)cc2F)nc1. The number of nitriles is 1. The number of aromatic nitrogens is 2. The van der Waals surface area contributed by atoms with Crippen LogP contribution in [0.2, 0.25) is 0 Å². The molecule has 0 aliphatic carbocycles. The fourth-order valence-corrected chi connectivity index (χ4v) is 1.85. The number of amides is 1. The molecule has 0 saturated heterocycles. The Bertz CT molecular complexity index is 777. The van der Waals surface area contributed by atoms with Crippen molar-refractivity contribution in [2.45, 2.75) is 32.9 Å². The van der Waals surface area contributed by atoms with Gasteiger partial charge in [-0.25, -0.2) is 9.18 Å². The molecule has 1 N–H and O–H groups in total. The zero-order valence-electron chi connectivity index (χ0n) is 13.6. The zero-order chi connectivity index (χ0) is 17.7. The van der Waals surface area contributed by atoms with Crippen molar-refractivity contribution in [1.82, 2.24) is 15.3 Å². The lowest BCUT2D eigenvalue weighted by Crippen LogP contribution is -2.32. The van der Waals surface area contributed by atoms with Crippen molar-refractivity contribution < 1.29 is 13.9 Å². The van der Waals surface area contributed by atoms with E-state index in [4.69, 9.17) is 10.00 Å². The van der Waals surface area contributed by atoms with Crippen molar-refractivity contribution in [2.75, 3.05) is 0 Å². The van der Waals surface area contributed by atoms with Crippen LogP contribution in [0.1, 0.15) is 31.9 Å². The Morgan fingerprint density at radius 2 is 2.08 bits per heavy atom. The molecule has 1 amide bonds. The number of nitrogens with one attached hydrogen (secondary N) is 1. The van der Waals surface area contributed by atoms with Gasteiger partial charge in [0, 0.05) is 18.9 Å². The molecule has 7 heteroatoms. The van der Waals surface area contributed by atoms with Crippen molar-refractivity contribution >= 4 is 6.09 Å². The predicted octanol–water partition coefficient (Wildman–Crippen LogP) is 3.18. The van der Waals surface area contributed by atoms with Crippen LogP contribution in [-0.2, 0) is 11.3 Å². The second-order valence-electron chi connectivity index (χ2n) is 6.07. The first kappa shape index (κ1) is 17.3. The zero-order valence-corrected chi connectivity index (χ0v) is 13.6. The number of halogens is 1. The van der Waals surface area contributed by atoms with E-state index in [0.717, 1.165) is 11.6 Å². The highest BCUT2D eigenvalue weighted by molar-refractivity contribution is 5.67. The standard InChI is InChI=1S/C17H17FN4O2/c1-17(2,3)24-16(23)22-9-11-4-5-14(20-8-11)15-13(18)6-12(7-19)10-21-15/h4-6,8,10H,9H2,1-3H3,(H,22,23). The maximum absolute atomic E-state index is 13.9. The van der Waals surface area contributed by atoms with Gasteiger partial charge in [-0.05, 0) is 38.5 Å². The lowest BCUT2D eigenvalue weighted by atomic mass is 10.2. The van der Waals surface area contributed by atoms with Crippen molar-refractivity contribution in [3.63, 3.8) is 0 Å². The first-order valence-electron chi connectivity index (χ1n) is 7.26. The number of carbonyl (C=O) groups is 1. The summed E-state index contributed by atoms with van der Waals surface area (Å²) in [4.78, 5) is 19.6. The Kier molecular flexibility index (Phi) is 5.09. The minimum absolute atomic E-state index is 0.0700. The van der Waals surface area contributed by atoms with Crippen LogP contribution in [0.3, 0.4) is 0 Å². The van der Waals surface area contributed by atoms with Crippen LogP contribution in [0, 0.1) is 17.1 Å². The molecule has 2 aromatic rings. The van der Waals surface area contributed by atoms with E-state index in [2.05, 4.69) is 15.3 Å². The normalized spacial score (nSPS) is 10.8. The van der Waals surface area contributed by atoms with E-state index in [0.29, 0.717) is 5.69 Å². The number of carbonyl (C=O) groups excluding carboxylic acids is 1. The van der Waals surface area contributed by atoms with Crippen LogP contribution in [0.5, 0.6) is 0 Å². The minimum Gasteiger partial charge on any atom is -0.444 e. The van der Waals surface area contributed by atoms with Crippen molar-refractivity contribution in [1.29, 1.82) is 5.26 Å². The summed E-state index contributed by atoms with van der Waals surface area (Å²) in [6.45, 7) is 5.58. The van der Waals surface area contributed by atoms with E-state index in [1.807, 2.05) is 6.07 Å². The van der Waals surface area contributed by atoms with E-state index < -0.39 is 17.5 Å². The van der Waals surface area contributed by atoms with Crippen LogP contribution < -0.4 is 5.32 Å². The van der Waals surface area contributed by atoms with E-state index in [-0.39, 0.29) is 17.8 Å². The van der Waals surface area contributed by atoms with Gasteiger partial charge < -0.3 is 10.1 Å². The molecular formula is C17H17FN4O2. The molecule has 0 bridgehead atoms. The molecular weight excluding hydrogens is 311 g/mol. The maximum Gasteiger partial charge on any atom is 0.407 e. The monoisotopic (exact) mass is 328 g/mol.